The molecule has 134 valence electrons. The molecule has 0 bridgehead atoms. The predicted molar refractivity (Wildman–Crippen MR) is 107 cm³/mol. The molecule has 0 saturated carbocycles. The number of amides is 2. The van der Waals surface area contributed by atoms with Crippen LogP contribution in [-0.2, 0) is 4.79 Å². The molecule has 1 heterocycles. The zero-order chi connectivity index (χ0) is 18.7. The number of ether oxygens (including phenoxy) is 1. The Hall–Kier alpha value is -2.38. The first-order chi connectivity index (χ1) is 12.5. The fourth-order valence-corrected chi connectivity index (χ4v) is 3.80. The molecular weight excluding hydrogens is 416 g/mol. The number of benzene rings is 2. The zero-order valence-electron chi connectivity index (χ0n) is 14.2. The van der Waals surface area contributed by atoms with E-state index in [9.17, 15) is 9.59 Å². The maximum atomic E-state index is 12.4. The Morgan fingerprint density at radius 3 is 2.46 bits per heavy atom. The molecular formula is C19H17BrN2O3S. The highest BCUT2D eigenvalue weighted by atomic mass is 79.9. The van der Waals surface area contributed by atoms with Crippen molar-refractivity contribution in [2.45, 2.75) is 12.8 Å². The van der Waals surface area contributed by atoms with Crippen molar-refractivity contribution in [1.82, 2.24) is 10.9 Å². The summed E-state index contributed by atoms with van der Waals surface area (Å²) >= 11 is 4.61. The van der Waals surface area contributed by atoms with E-state index >= 15 is 0 Å². The third kappa shape index (κ3) is 4.05. The normalized spacial score (nSPS) is 11.8. The Kier molecular flexibility index (Phi) is 5.58. The van der Waals surface area contributed by atoms with Crippen molar-refractivity contribution >= 4 is 49.9 Å². The molecule has 2 N–H and O–H groups in total. The van der Waals surface area contributed by atoms with Crippen LogP contribution in [0.2, 0.25) is 0 Å². The maximum Gasteiger partial charge on any atom is 0.279 e. The summed E-state index contributed by atoms with van der Waals surface area (Å²) in [6.45, 7) is 1.80. The standard InChI is InChI=1S/C19H17BrN2O3S/c1-11(18(23)21-22-19(24)16-7-8-17(20)26-16)12-3-4-14-10-15(25-2)6-5-13(14)9-12/h3-11H,1-2H3,(H,21,23)(H,22,24)/t11-/m0/s1. The van der Waals surface area contributed by atoms with E-state index in [-0.39, 0.29) is 11.8 Å². The van der Waals surface area contributed by atoms with Crippen LogP contribution in [0.5, 0.6) is 5.75 Å². The first-order valence-corrected chi connectivity index (χ1v) is 9.52. The van der Waals surface area contributed by atoms with Gasteiger partial charge in [0.2, 0.25) is 5.91 Å². The van der Waals surface area contributed by atoms with Crippen molar-refractivity contribution in [3.63, 3.8) is 0 Å². The average Bonchev–Trinajstić information content (AvgIpc) is 3.10. The van der Waals surface area contributed by atoms with Crippen LogP contribution in [0.3, 0.4) is 0 Å². The molecule has 0 aliphatic rings. The SMILES string of the molecule is COc1ccc2cc([C@H](C)C(=O)NNC(=O)c3ccc(Br)s3)ccc2c1. The number of fused-ring (bicyclic) bond motifs is 1. The molecule has 2 amide bonds. The van der Waals surface area contributed by atoms with E-state index in [2.05, 4.69) is 26.8 Å². The number of hydrogen-bond donors (Lipinski definition) is 2. The van der Waals surface area contributed by atoms with Gasteiger partial charge in [-0.1, -0.05) is 24.3 Å². The first-order valence-electron chi connectivity index (χ1n) is 7.91. The molecule has 1 aromatic heterocycles. The predicted octanol–water partition coefficient (Wildman–Crippen LogP) is 4.24. The van der Waals surface area contributed by atoms with Gasteiger partial charge in [-0.05, 0) is 63.5 Å². The lowest BCUT2D eigenvalue weighted by molar-refractivity contribution is -0.122. The van der Waals surface area contributed by atoms with E-state index in [1.165, 1.54) is 11.3 Å². The molecule has 3 rings (SSSR count). The monoisotopic (exact) mass is 432 g/mol. The summed E-state index contributed by atoms with van der Waals surface area (Å²) in [6, 6.07) is 15.1. The van der Waals surface area contributed by atoms with Gasteiger partial charge in [-0.25, -0.2) is 0 Å². The van der Waals surface area contributed by atoms with Crippen LogP contribution in [0.15, 0.2) is 52.3 Å². The molecule has 0 radical (unpaired) electrons. The van der Waals surface area contributed by atoms with Crippen molar-refractivity contribution in [3.05, 3.63) is 62.8 Å². The van der Waals surface area contributed by atoms with E-state index in [1.807, 2.05) is 36.4 Å². The molecule has 5 nitrogen and oxygen atoms in total. The first kappa shape index (κ1) is 18.4. The van der Waals surface area contributed by atoms with Crippen LogP contribution in [-0.4, -0.2) is 18.9 Å². The highest BCUT2D eigenvalue weighted by Crippen LogP contribution is 2.25. The molecule has 0 aliphatic heterocycles. The fourth-order valence-electron chi connectivity index (χ4n) is 2.51. The van der Waals surface area contributed by atoms with Gasteiger partial charge in [-0.2, -0.15) is 0 Å². The summed E-state index contributed by atoms with van der Waals surface area (Å²) in [5, 5.41) is 2.06. The van der Waals surface area contributed by atoms with Gasteiger partial charge >= 0.3 is 0 Å². The lowest BCUT2D eigenvalue weighted by Gasteiger charge is -2.14. The third-order valence-electron chi connectivity index (χ3n) is 4.06. The lowest BCUT2D eigenvalue weighted by atomic mass is 9.97. The number of nitrogens with one attached hydrogen (secondary N) is 2. The number of halogens is 1. The van der Waals surface area contributed by atoms with Crippen LogP contribution < -0.4 is 15.6 Å². The lowest BCUT2D eigenvalue weighted by Crippen LogP contribution is -2.43. The van der Waals surface area contributed by atoms with Gasteiger partial charge in [0.05, 0.1) is 21.7 Å². The molecule has 0 saturated heterocycles. The Bertz CT molecular complexity index is 970. The Morgan fingerprint density at radius 2 is 1.77 bits per heavy atom. The Balaban J connectivity index is 1.67. The number of carbonyl (C=O) groups excluding carboxylic acids is 2. The maximum absolute atomic E-state index is 12.4. The topological polar surface area (TPSA) is 67.4 Å². The second-order valence-corrected chi connectivity index (χ2v) is 8.20. The van der Waals surface area contributed by atoms with Crippen molar-refractivity contribution in [2.24, 2.45) is 0 Å². The largest absolute Gasteiger partial charge is 0.497 e. The highest BCUT2D eigenvalue weighted by Gasteiger charge is 2.17. The number of hydrogen-bond acceptors (Lipinski definition) is 4. The summed E-state index contributed by atoms with van der Waals surface area (Å²) in [5.41, 5.74) is 5.81. The van der Waals surface area contributed by atoms with E-state index in [4.69, 9.17) is 4.74 Å². The number of hydrazine groups is 1. The van der Waals surface area contributed by atoms with Crippen molar-refractivity contribution in [1.29, 1.82) is 0 Å². The van der Waals surface area contributed by atoms with E-state index < -0.39 is 5.92 Å². The van der Waals surface area contributed by atoms with E-state index in [0.717, 1.165) is 25.9 Å². The van der Waals surface area contributed by atoms with Crippen molar-refractivity contribution in [2.75, 3.05) is 7.11 Å². The van der Waals surface area contributed by atoms with Crippen LogP contribution in [0.25, 0.3) is 10.8 Å². The number of thiophene rings is 1. The Labute approximate surface area is 163 Å². The summed E-state index contributed by atoms with van der Waals surface area (Å²) in [6.07, 6.45) is 0. The van der Waals surface area contributed by atoms with Crippen LogP contribution in [0.1, 0.15) is 28.1 Å². The van der Waals surface area contributed by atoms with E-state index in [0.29, 0.717) is 4.88 Å². The van der Waals surface area contributed by atoms with Crippen LogP contribution in [0.4, 0.5) is 0 Å². The molecule has 7 heteroatoms. The highest BCUT2D eigenvalue weighted by molar-refractivity contribution is 9.11. The Morgan fingerprint density at radius 1 is 1.04 bits per heavy atom. The summed E-state index contributed by atoms with van der Waals surface area (Å²) in [4.78, 5) is 24.9. The van der Waals surface area contributed by atoms with Gasteiger partial charge in [0.1, 0.15) is 5.75 Å². The van der Waals surface area contributed by atoms with Gasteiger partial charge in [0.25, 0.3) is 5.91 Å². The smallest absolute Gasteiger partial charge is 0.279 e. The second-order valence-electron chi connectivity index (χ2n) is 5.74. The molecule has 0 fully saturated rings. The minimum atomic E-state index is -0.406. The zero-order valence-corrected chi connectivity index (χ0v) is 16.6. The molecule has 3 aromatic rings. The molecule has 2 aromatic carbocycles. The quantitative estimate of drug-likeness (QED) is 0.605. The van der Waals surface area contributed by atoms with Gasteiger partial charge in [-0.15, -0.1) is 11.3 Å². The molecule has 26 heavy (non-hydrogen) atoms. The van der Waals surface area contributed by atoms with Crippen LogP contribution in [0, 0.1) is 0 Å². The number of carbonyl (C=O) groups is 2. The molecule has 0 aliphatic carbocycles. The molecule has 0 spiro atoms. The minimum absolute atomic E-state index is 0.276. The fraction of sp³-hybridized carbons (Fsp3) is 0.158. The third-order valence-corrected chi connectivity index (χ3v) is 5.68. The van der Waals surface area contributed by atoms with Crippen molar-refractivity contribution < 1.29 is 14.3 Å². The average molecular weight is 433 g/mol. The molecule has 0 unspecified atom stereocenters. The van der Waals surface area contributed by atoms with Gasteiger partial charge < -0.3 is 4.74 Å². The summed E-state index contributed by atoms with van der Waals surface area (Å²) in [5.74, 6) is -0.232. The van der Waals surface area contributed by atoms with Crippen molar-refractivity contribution in [3.8, 4) is 5.75 Å². The molecule has 1 atom stereocenters. The van der Waals surface area contributed by atoms with Gasteiger partial charge in [-0.3, -0.25) is 20.4 Å². The number of rotatable bonds is 4. The van der Waals surface area contributed by atoms with Gasteiger partial charge in [0, 0.05) is 0 Å². The summed E-state index contributed by atoms with van der Waals surface area (Å²) in [7, 11) is 1.63. The second kappa shape index (κ2) is 7.88. The summed E-state index contributed by atoms with van der Waals surface area (Å²) < 4.78 is 6.08. The number of methoxy groups -OCH3 is 1. The van der Waals surface area contributed by atoms with Crippen LogP contribution >= 0.6 is 27.3 Å². The minimum Gasteiger partial charge on any atom is -0.497 e. The van der Waals surface area contributed by atoms with Gasteiger partial charge in [0.15, 0.2) is 0 Å². The van der Waals surface area contributed by atoms with E-state index in [1.54, 1.807) is 26.2 Å².